The van der Waals surface area contributed by atoms with E-state index >= 15 is 0 Å². The molecule has 1 aliphatic rings. The molecular weight excluding hydrogens is 276 g/mol. The summed E-state index contributed by atoms with van der Waals surface area (Å²) in [5.74, 6) is 2.64. The monoisotopic (exact) mass is 306 g/mol. The minimum atomic E-state index is 0.490. The third-order valence-corrected chi connectivity index (χ3v) is 5.19. The fourth-order valence-electron chi connectivity index (χ4n) is 3.18. The second kappa shape index (κ2) is 8.82. The number of rotatable bonds is 6. The SMILES string of the molecule is CCNC(CCN1CCCSCC1)c1cc(C)cc(C)c1. The second-order valence-corrected chi connectivity index (χ2v) is 7.35. The van der Waals surface area contributed by atoms with Crippen LogP contribution in [0.3, 0.4) is 0 Å². The Balaban J connectivity index is 1.97. The van der Waals surface area contributed by atoms with Crippen molar-refractivity contribution >= 4 is 11.8 Å². The zero-order valence-electron chi connectivity index (χ0n) is 13.8. The maximum atomic E-state index is 3.68. The quantitative estimate of drug-likeness (QED) is 0.861. The van der Waals surface area contributed by atoms with Crippen molar-refractivity contribution in [2.45, 2.75) is 39.7 Å². The first-order chi connectivity index (χ1) is 10.2. The molecule has 1 aromatic carbocycles. The molecule has 1 N–H and O–H groups in total. The fourth-order valence-corrected chi connectivity index (χ4v) is 4.10. The van der Waals surface area contributed by atoms with Gasteiger partial charge in [-0.25, -0.2) is 0 Å². The summed E-state index contributed by atoms with van der Waals surface area (Å²) in [4.78, 5) is 2.65. The minimum Gasteiger partial charge on any atom is -0.310 e. The Hall–Kier alpha value is -0.510. The van der Waals surface area contributed by atoms with Crippen LogP contribution in [0.15, 0.2) is 18.2 Å². The molecule has 0 aliphatic carbocycles. The molecule has 0 saturated carbocycles. The lowest BCUT2D eigenvalue weighted by atomic mass is 9.99. The van der Waals surface area contributed by atoms with Crippen molar-refractivity contribution in [3.8, 4) is 0 Å². The normalized spacial score (nSPS) is 18.4. The number of benzene rings is 1. The average Bonchev–Trinajstić information content (AvgIpc) is 2.71. The van der Waals surface area contributed by atoms with Gasteiger partial charge < -0.3 is 10.2 Å². The summed E-state index contributed by atoms with van der Waals surface area (Å²) in [6, 6.07) is 7.44. The zero-order chi connectivity index (χ0) is 15.1. The van der Waals surface area contributed by atoms with E-state index in [4.69, 9.17) is 0 Å². The highest BCUT2D eigenvalue weighted by molar-refractivity contribution is 7.99. The van der Waals surface area contributed by atoms with Crippen LogP contribution in [-0.2, 0) is 0 Å². The van der Waals surface area contributed by atoms with Gasteiger partial charge in [0.2, 0.25) is 0 Å². The standard InChI is InChI=1S/C18H30N2S/c1-4-19-18(17-13-15(2)12-16(3)14-17)6-8-20-7-5-10-21-11-9-20/h12-14,18-19H,4-11H2,1-3H3. The van der Waals surface area contributed by atoms with E-state index in [2.05, 4.69) is 60.9 Å². The Labute approximate surface area is 134 Å². The van der Waals surface area contributed by atoms with Gasteiger partial charge in [0.05, 0.1) is 0 Å². The third-order valence-electron chi connectivity index (χ3n) is 4.15. The van der Waals surface area contributed by atoms with Crippen LogP contribution in [0.25, 0.3) is 0 Å². The van der Waals surface area contributed by atoms with Crippen LogP contribution in [0, 0.1) is 13.8 Å². The maximum Gasteiger partial charge on any atom is 0.0332 e. The van der Waals surface area contributed by atoms with Gasteiger partial charge in [-0.05, 0) is 57.6 Å². The van der Waals surface area contributed by atoms with E-state index in [1.165, 1.54) is 60.7 Å². The number of nitrogens with one attached hydrogen (secondary N) is 1. The second-order valence-electron chi connectivity index (χ2n) is 6.13. The van der Waals surface area contributed by atoms with Crippen molar-refractivity contribution in [2.75, 3.05) is 37.7 Å². The molecular formula is C18H30N2S. The van der Waals surface area contributed by atoms with Gasteiger partial charge in [0.1, 0.15) is 0 Å². The molecule has 0 spiro atoms. The summed E-state index contributed by atoms with van der Waals surface area (Å²) in [6.45, 7) is 11.4. The van der Waals surface area contributed by atoms with Crippen LogP contribution in [0.4, 0.5) is 0 Å². The summed E-state index contributed by atoms with van der Waals surface area (Å²) in [5, 5.41) is 3.68. The molecule has 0 radical (unpaired) electrons. The first kappa shape index (κ1) is 16.9. The molecule has 21 heavy (non-hydrogen) atoms. The molecule has 3 heteroatoms. The molecule has 1 fully saturated rings. The number of nitrogens with zero attached hydrogens (tertiary/aromatic N) is 1. The Kier molecular flexibility index (Phi) is 7.08. The summed E-state index contributed by atoms with van der Waals surface area (Å²) in [5.41, 5.74) is 4.21. The van der Waals surface area contributed by atoms with E-state index in [1.807, 2.05) is 0 Å². The molecule has 1 unspecified atom stereocenters. The number of thioether (sulfide) groups is 1. The highest BCUT2D eigenvalue weighted by Crippen LogP contribution is 2.21. The first-order valence-electron chi connectivity index (χ1n) is 8.30. The number of hydrogen-bond acceptors (Lipinski definition) is 3. The molecule has 2 nitrogen and oxygen atoms in total. The number of hydrogen-bond donors (Lipinski definition) is 1. The van der Waals surface area contributed by atoms with Gasteiger partial charge in [0.25, 0.3) is 0 Å². The van der Waals surface area contributed by atoms with E-state index in [0.29, 0.717) is 6.04 Å². The van der Waals surface area contributed by atoms with E-state index in [0.717, 1.165) is 6.54 Å². The lowest BCUT2D eigenvalue weighted by Crippen LogP contribution is -2.31. The van der Waals surface area contributed by atoms with E-state index < -0.39 is 0 Å². The van der Waals surface area contributed by atoms with Crippen molar-refractivity contribution in [3.63, 3.8) is 0 Å². The van der Waals surface area contributed by atoms with Gasteiger partial charge in [0.15, 0.2) is 0 Å². The van der Waals surface area contributed by atoms with Gasteiger partial charge in [0, 0.05) is 18.3 Å². The summed E-state index contributed by atoms with van der Waals surface area (Å²) < 4.78 is 0. The Morgan fingerprint density at radius 3 is 2.62 bits per heavy atom. The molecule has 0 aromatic heterocycles. The topological polar surface area (TPSA) is 15.3 Å². The lowest BCUT2D eigenvalue weighted by Gasteiger charge is -2.25. The molecule has 2 rings (SSSR count). The Morgan fingerprint density at radius 2 is 1.90 bits per heavy atom. The molecule has 1 heterocycles. The molecule has 1 aromatic rings. The van der Waals surface area contributed by atoms with Gasteiger partial charge in [-0.3, -0.25) is 0 Å². The molecule has 0 amide bonds. The summed E-state index contributed by atoms with van der Waals surface area (Å²) >= 11 is 2.11. The van der Waals surface area contributed by atoms with Crippen LogP contribution in [-0.4, -0.2) is 42.6 Å². The lowest BCUT2D eigenvalue weighted by molar-refractivity contribution is 0.275. The largest absolute Gasteiger partial charge is 0.310 e. The van der Waals surface area contributed by atoms with Crippen LogP contribution >= 0.6 is 11.8 Å². The Morgan fingerprint density at radius 1 is 1.14 bits per heavy atom. The van der Waals surface area contributed by atoms with Crippen molar-refractivity contribution in [3.05, 3.63) is 34.9 Å². The summed E-state index contributed by atoms with van der Waals surface area (Å²) in [7, 11) is 0. The minimum absolute atomic E-state index is 0.490. The predicted molar refractivity (Wildman–Crippen MR) is 95.3 cm³/mol. The molecule has 1 atom stereocenters. The van der Waals surface area contributed by atoms with Crippen LogP contribution in [0.5, 0.6) is 0 Å². The summed E-state index contributed by atoms with van der Waals surface area (Å²) in [6.07, 6.45) is 2.56. The van der Waals surface area contributed by atoms with Gasteiger partial charge in [-0.15, -0.1) is 0 Å². The van der Waals surface area contributed by atoms with Gasteiger partial charge in [-0.2, -0.15) is 11.8 Å². The first-order valence-corrected chi connectivity index (χ1v) is 9.46. The highest BCUT2D eigenvalue weighted by Gasteiger charge is 2.15. The van der Waals surface area contributed by atoms with Crippen molar-refractivity contribution in [1.82, 2.24) is 10.2 Å². The molecule has 1 aliphatic heterocycles. The number of aryl methyl sites for hydroxylation is 2. The smallest absolute Gasteiger partial charge is 0.0332 e. The van der Waals surface area contributed by atoms with Crippen molar-refractivity contribution in [2.24, 2.45) is 0 Å². The van der Waals surface area contributed by atoms with Gasteiger partial charge in [-0.1, -0.05) is 36.2 Å². The van der Waals surface area contributed by atoms with Crippen molar-refractivity contribution in [1.29, 1.82) is 0 Å². The van der Waals surface area contributed by atoms with E-state index in [-0.39, 0.29) is 0 Å². The fraction of sp³-hybridized carbons (Fsp3) is 0.667. The molecule has 118 valence electrons. The highest BCUT2D eigenvalue weighted by atomic mass is 32.2. The average molecular weight is 307 g/mol. The molecule has 1 saturated heterocycles. The van der Waals surface area contributed by atoms with E-state index in [9.17, 15) is 0 Å². The Bertz CT molecular complexity index is 405. The van der Waals surface area contributed by atoms with Crippen molar-refractivity contribution < 1.29 is 0 Å². The molecule has 0 bridgehead atoms. The zero-order valence-corrected chi connectivity index (χ0v) is 14.6. The van der Waals surface area contributed by atoms with Crippen LogP contribution in [0.1, 0.15) is 42.5 Å². The third kappa shape index (κ3) is 5.65. The maximum absolute atomic E-state index is 3.68. The van der Waals surface area contributed by atoms with Gasteiger partial charge >= 0.3 is 0 Å². The van der Waals surface area contributed by atoms with Crippen LogP contribution in [0.2, 0.25) is 0 Å². The van der Waals surface area contributed by atoms with E-state index in [1.54, 1.807) is 0 Å². The van der Waals surface area contributed by atoms with Crippen LogP contribution < -0.4 is 5.32 Å². The predicted octanol–water partition coefficient (Wildman–Crippen LogP) is 3.78.